The van der Waals surface area contributed by atoms with E-state index >= 15 is 0 Å². The Balaban J connectivity index is 1.67. The number of hydrogen-bond donors (Lipinski definition) is 0. The molecule has 0 atom stereocenters. The Labute approximate surface area is 247 Å². The molecule has 2 aromatic rings. The Bertz CT molecular complexity index is 1420. The molecular formula is C34H39ClFNO4. The zero-order valence-corrected chi connectivity index (χ0v) is 25.6. The van der Waals surface area contributed by atoms with Crippen molar-refractivity contribution in [2.45, 2.75) is 79.8 Å². The van der Waals surface area contributed by atoms with E-state index in [9.17, 15) is 14.0 Å². The van der Waals surface area contributed by atoms with Crippen LogP contribution in [0.2, 0.25) is 5.02 Å². The van der Waals surface area contributed by atoms with Gasteiger partial charge in [0.1, 0.15) is 12.4 Å². The van der Waals surface area contributed by atoms with Crippen LogP contribution in [0.15, 0.2) is 58.9 Å². The zero-order valence-electron chi connectivity index (χ0n) is 24.8. The fraction of sp³-hybridized carbons (Fsp3) is 0.471. The smallest absolute Gasteiger partial charge is 0.180 e. The van der Waals surface area contributed by atoms with Crippen molar-refractivity contribution in [1.82, 2.24) is 4.90 Å². The zero-order chi connectivity index (χ0) is 29.7. The lowest BCUT2D eigenvalue weighted by Crippen LogP contribution is -2.44. The lowest BCUT2D eigenvalue weighted by molar-refractivity contribution is -0.119. The van der Waals surface area contributed by atoms with Gasteiger partial charge >= 0.3 is 0 Å². The number of allylic oxidation sites excluding steroid dienone is 4. The van der Waals surface area contributed by atoms with Gasteiger partial charge in [0, 0.05) is 53.4 Å². The van der Waals surface area contributed by atoms with Crippen LogP contribution in [0.3, 0.4) is 0 Å². The maximum atomic E-state index is 14.3. The summed E-state index contributed by atoms with van der Waals surface area (Å²) in [4.78, 5) is 30.0. The first kappa shape index (κ1) is 29.4. The number of rotatable bonds is 7. The highest BCUT2D eigenvalue weighted by Gasteiger charge is 2.48. The van der Waals surface area contributed by atoms with Gasteiger partial charge in [0.25, 0.3) is 0 Å². The molecule has 0 bridgehead atoms. The molecule has 0 saturated heterocycles. The third kappa shape index (κ3) is 5.55. The van der Waals surface area contributed by atoms with Crippen molar-refractivity contribution < 1.29 is 23.5 Å². The Kier molecular flexibility index (Phi) is 7.84. The van der Waals surface area contributed by atoms with E-state index in [0.29, 0.717) is 54.2 Å². The molecule has 1 aliphatic heterocycles. The molecule has 0 amide bonds. The highest BCUT2D eigenvalue weighted by molar-refractivity contribution is 6.32. The summed E-state index contributed by atoms with van der Waals surface area (Å²) in [5, 5.41) is 0.289. The van der Waals surface area contributed by atoms with E-state index in [1.54, 1.807) is 24.3 Å². The van der Waals surface area contributed by atoms with Crippen molar-refractivity contribution in [3.05, 3.63) is 80.9 Å². The fourth-order valence-corrected chi connectivity index (χ4v) is 6.96. The first-order chi connectivity index (χ1) is 19.4. The molecule has 0 fully saturated rings. The maximum absolute atomic E-state index is 14.3. The third-order valence-corrected chi connectivity index (χ3v) is 8.61. The largest absolute Gasteiger partial charge is 0.490 e. The quantitative estimate of drug-likeness (QED) is 0.331. The lowest BCUT2D eigenvalue weighted by atomic mass is 9.63. The van der Waals surface area contributed by atoms with Gasteiger partial charge in [0.15, 0.2) is 23.1 Å². The Morgan fingerprint density at radius 1 is 0.902 bits per heavy atom. The Morgan fingerprint density at radius 3 is 2.02 bits per heavy atom. The van der Waals surface area contributed by atoms with Gasteiger partial charge in [0.05, 0.1) is 11.6 Å². The minimum Gasteiger partial charge on any atom is -0.490 e. The minimum absolute atomic E-state index is 0.0214. The van der Waals surface area contributed by atoms with Crippen LogP contribution in [0, 0.1) is 16.6 Å². The van der Waals surface area contributed by atoms with Crippen LogP contribution in [0.1, 0.15) is 84.3 Å². The molecular weight excluding hydrogens is 541 g/mol. The van der Waals surface area contributed by atoms with E-state index in [-0.39, 0.29) is 39.8 Å². The third-order valence-electron chi connectivity index (χ3n) is 8.33. The molecule has 41 heavy (non-hydrogen) atoms. The second kappa shape index (κ2) is 10.9. The average molecular weight is 580 g/mol. The SMILES string of the molecule is CCOc1cc(C2C3=C(CC(C)(C)CC3=O)N(CC)C3=C2C(=O)CC(C)(C)C3)cc(Cl)c1OCc1ccccc1F. The van der Waals surface area contributed by atoms with E-state index in [1.807, 2.05) is 13.0 Å². The molecule has 0 radical (unpaired) electrons. The van der Waals surface area contributed by atoms with Crippen molar-refractivity contribution in [3.8, 4) is 11.5 Å². The Morgan fingerprint density at radius 2 is 1.49 bits per heavy atom. The van der Waals surface area contributed by atoms with Gasteiger partial charge in [-0.05, 0) is 61.3 Å². The second-order valence-corrected chi connectivity index (χ2v) is 13.3. The van der Waals surface area contributed by atoms with E-state index in [4.69, 9.17) is 21.1 Å². The molecule has 0 spiro atoms. The number of benzene rings is 2. The van der Waals surface area contributed by atoms with Crippen LogP contribution >= 0.6 is 11.6 Å². The van der Waals surface area contributed by atoms with E-state index in [1.165, 1.54) is 6.07 Å². The maximum Gasteiger partial charge on any atom is 0.180 e. The van der Waals surface area contributed by atoms with E-state index in [0.717, 1.165) is 29.8 Å². The molecule has 0 N–H and O–H groups in total. The predicted molar refractivity (Wildman–Crippen MR) is 159 cm³/mol. The van der Waals surface area contributed by atoms with Crippen molar-refractivity contribution in [1.29, 1.82) is 0 Å². The molecule has 1 heterocycles. The first-order valence-electron chi connectivity index (χ1n) is 14.5. The molecule has 0 unspecified atom stereocenters. The van der Waals surface area contributed by atoms with Gasteiger partial charge in [-0.3, -0.25) is 9.59 Å². The van der Waals surface area contributed by atoms with Crippen molar-refractivity contribution in [3.63, 3.8) is 0 Å². The number of Topliss-reactive ketones (excluding diaryl/α,β-unsaturated/α-hetero) is 2. The van der Waals surface area contributed by atoms with Gasteiger partial charge in [-0.15, -0.1) is 0 Å². The van der Waals surface area contributed by atoms with Crippen molar-refractivity contribution in [2.24, 2.45) is 10.8 Å². The summed E-state index contributed by atoms with van der Waals surface area (Å²) in [6, 6.07) is 10.0. The van der Waals surface area contributed by atoms with E-state index < -0.39 is 5.92 Å². The van der Waals surface area contributed by atoms with Crippen LogP contribution in [0.4, 0.5) is 4.39 Å². The molecule has 5 rings (SSSR count). The highest BCUT2D eigenvalue weighted by Crippen LogP contribution is 2.55. The Hall–Kier alpha value is -3.12. The standard InChI is InChI=1S/C34H39ClFNO4/c1-7-37-24-15-33(3,4)17-26(38)30(24)29(31-25(37)16-34(5,6)18-27(31)39)21-13-22(35)32(28(14-21)40-8-2)41-19-20-11-9-10-12-23(20)36/h9-14,29H,7-8,15-19H2,1-6H3. The first-order valence-corrected chi connectivity index (χ1v) is 14.9. The normalized spacial score (nSPS) is 20.2. The predicted octanol–water partition coefficient (Wildman–Crippen LogP) is 8.16. The monoisotopic (exact) mass is 579 g/mol. The van der Waals surface area contributed by atoms with Gasteiger partial charge < -0.3 is 14.4 Å². The number of hydrogen-bond acceptors (Lipinski definition) is 5. The van der Waals surface area contributed by atoms with Crippen LogP contribution in [-0.2, 0) is 16.2 Å². The number of carbonyl (C=O) groups excluding carboxylic acids is 2. The number of ether oxygens (including phenoxy) is 2. The van der Waals surface area contributed by atoms with Crippen LogP contribution in [-0.4, -0.2) is 29.6 Å². The van der Waals surface area contributed by atoms with E-state index in [2.05, 4.69) is 39.5 Å². The average Bonchev–Trinajstić information content (AvgIpc) is 2.86. The van der Waals surface area contributed by atoms with Crippen LogP contribution in [0.25, 0.3) is 0 Å². The van der Waals surface area contributed by atoms with Gasteiger partial charge in [-0.1, -0.05) is 57.5 Å². The number of carbonyl (C=O) groups is 2. The molecule has 218 valence electrons. The second-order valence-electron chi connectivity index (χ2n) is 12.9. The van der Waals surface area contributed by atoms with Crippen LogP contribution < -0.4 is 9.47 Å². The van der Waals surface area contributed by atoms with Crippen molar-refractivity contribution in [2.75, 3.05) is 13.2 Å². The van der Waals surface area contributed by atoms with Gasteiger partial charge in [-0.25, -0.2) is 4.39 Å². The molecule has 5 nitrogen and oxygen atoms in total. The lowest BCUT2D eigenvalue weighted by Gasteiger charge is -2.49. The number of halogens is 2. The summed E-state index contributed by atoms with van der Waals surface area (Å²) in [5.74, 6) is -0.0526. The summed E-state index contributed by atoms with van der Waals surface area (Å²) in [5.41, 5.74) is 4.17. The topological polar surface area (TPSA) is 55.8 Å². The molecule has 0 saturated carbocycles. The van der Waals surface area contributed by atoms with Crippen LogP contribution in [0.5, 0.6) is 11.5 Å². The summed E-state index contributed by atoms with van der Waals surface area (Å²) < 4.78 is 26.3. The molecule has 2 aromatic carbocycles. The highest BCUT2D eigenvalue weighted by atomic mass is 35.5. The molecule has 0 aromatic heterocycles. The summed E-state index contributed by atoms with van der Waals surface area (Å²) in [7, 11) is 0. The minimum atomic E-state index is -0.535. The summed E-state index contributed by atoms with van der Waals surface area (Å²) in [6.07, 6.45) is 2.33. The summed E-state index contributed by atoms with van der Waals surface area (Å²) >= 11 is 6.85. The number of nitrogens with zero attached hydrogens (tertiary/aromatic N) is 1. The molecule has 3 aliphatic rings. The fourth-order valence-electron chi connectivity index (χ4n) is 6.69. The molecule has 2 aliphatic carbocycles. The van der Waals surface area contributed by atoms with Crippen molar-refractivity contribution >= 4 is 23.2 Å². The molecule has 7 heteroatoms. The summed E-state index contributed by atoms with van der Waals surface area (Å²) in [6.45, 7) is 13.5. The number of ketones is 2. The van der Waals surface area contributed by atoms with Gasteiger partial charge in [0.2, 0.25) is 0 Å². The van der Waals surface area contributed by atoms with Gasteiger partial charge in [-0.2, -0.15) is 0 Å².